The summed E-state index contributed by atoms with van der Waals surface area (Å²) in [4.78, 5) is 4.60. The van der Waals surface area contributed by atoms with Crippen LogP contribution in [0.4, 0.5) is 5.69 Å². The first kappa shape index (κ1) is 17.8. The van der Waals surface area contributed by atoms with Crippen molar-refractivity contribution in [3.63, 3.8) is 0 Å². The Morgan fingerprint density at radius 3 is 2.09 bits per heavy atom. The molecule has 1 aliphatic heterocycles. The largest absolute Gasteiger partial charge is 0.356 e. The number of unbranched alkanes of at least 4 members (excludes halogenated alkanes) is 7. The summed E-state index contributed by atoms with van der Waals surface area (Å²) in [7, 11) is 0. The van der Waals surface area contributed by atoms with Gasteiger partial charge in [-0.1, -0.05) is 64.0 Å². The van der Waals surface area contributed by atoms with Crippen LogP contribution in [-0.2, 0) is 6.42 Å². The lowest BCUT2D eigenvalue weighted by Gasteiger charge is -2.17. The van der Waals surface area contributed by atoms with E-state index >= 15 is 0 Å². The van der Waals surface area contributed by atoms with Crippen molar-refractivity contribution in [3.05, 3.63) is 29.8 Å². The van der Waals surface area contributed by atoms with Crippen molar-refractivity contribution in [2.45, 2.75) is 71.1 Å². The first-order valence-corrected chi connectivity index (χ1v) is 9.54. The van der Waals surface area contributed by atoms with E-state index in [9.17, 15) is 0 Å². The van der Waals surface area contributed by atoms with Crippen LogP contribution in [0.3, 0.4) is 0 Å². The molecule has 0 saturated carbocycles. The van der Waals surface area contributed by atoms with Crippen molar-refractivity contribution in [2.75, 3.05) is 13.1 Å². The third-order valence-electron chi connectivity index (χ3n) is 4.43. The van der Waals surface area contributed by atoms with Gasteiger partial charge in [-0.2, -0.15) is 0 Å². The van der Waals surface area contributed by atoms with E-state index in [1.54, 1.807) is 0 Å². The van der Waals surface area contributed by atoms with Gasteiger partial charge in [-0.3, -0.25) is 0 Å². The summed E-state index contributed by atoms with van der Waals surface area (Å²) in [6.07, 6.45) is 13.4. The lowest BCUT2D eigenvalue weighted by molar-refractivity contribution is 0.575. The lowest BCUT2D eigenvalue weighted by atomic mass is 10.0. The molecule has 0 atom stereocenters. The molecule has 3 heteroatoms. The predicted molar refractivity (Wildman–Crippen MR) is 100 cm³/mol. The summed E-state index contributed by atoms with van der Waals surface area (Å²) in [6.45, 7) is 4.31. The van der Waals surface area contributed by atoms with E-state index in [1.807, 2.05) is 0 Å². The highest BCUT2D eigenvalue weighted by Crippen LogP contribution is 2.16. The average Bonchev–Trinajstić information content (AvgIpc) is 2.60. The topological polar surface area (TPSA) is 36.4 Å². The quantitative estimate of drug-likeness (QED) is 0.600. The van der Waals surface area contributed by atoms with Crippen LogP contribution in [0.5, 0.6) is 0 Å². The van der Waals surface area contributed by atoms with Gasteiger partial charge in [-0.15, -0.1) is 0 Å². The molecule has 0 spiro atoms. The van der Waals surface area contributed by atoms with Crippen molar-refractivity contribution in [2.24, 2.45) is 4.99 Å². The fourth-order valence-corrected chi connectivity index (χ4v) is 2.97. The summed E-state index contributed by atoms with van der Waals surface area (Å²) in [5, 5.41) is 6.58. The molecule has 1 aromatic rings. The molecule has 2 rings (SSSR count). The average molecular weight is 316 g/mol. The van der Waals surface area contributed by atoms with Crippen molar-refractivity contribution < 1.29 is 0 Å². The van der Waals surface area contributed by atoms with E-state index in [4.69, 9.17) is 0 Å². The Kier molecular flexibility index (Phi) is 8.60. The monoisotopic (exact) mass is 315 g/mol. The normalized spacial score (nSPS) is 14.2. The number of guanidine groups is 1. The summed E-state index contributed by atoms with van der Waals surface area (Å²) in [6, 6.07) is 8.71. The Morgan fingerprint density at radius 2 is 1.43 bits per heavy atom. The molecule has 0 radical (unpaired) electrons. The molecule has 23 heavy (non-hydrogen) atoms. The summed E-state index contributed by atoms with van der Waals surface area (Å²) >= 11 is 0. The number of benzene rings is 1. The minimum absolute atomic E-state index is 0.909. The second kappa shape index (κ2) is 11.1. The van der Waals surface area contributed by atoms with Crippen LogP contribution >= 0.6 is 0 Å². The Hall–Kier alpha value is -1.51. The highest BCUT2D eigenvalue weighted by atomic mass is 15.2. The maximum Gasteiger partial charge on any atom is 0.196 e. The van der Waals surface area contributed by atoms with E-state index in [-0.39, 0.29) is 0 Å². The molecule has 128 valence electrons. The van der Waals surface area contributed by atoms with Crippen LogP contribution in [0, 0.1) is 0 Å². The number of nitrogens with zero attached hydrogens (tertiary/aromatic N) is 1. The van der Waals surface area contributed by atoms with Crippen LogP contribution in [0.25, 0.3) is 0 Å². The van der Waals surface area contributed by atoms with Crippen LogP contribution in [0.15, 0.2) is 29.3 Å². The number of aliphatic imine (C=N–C) groups is 1. The lowest BCUT2D eigenvalue weighted by Crippen LogP contribution is -2.43. The molecule has 0 aromatic heterocycles. The number of hydrogen-bond acceptors (Lipinski definition) is 1. The Bertz CT molecular complexity index is 442. The molecular formula is C20H33N3. The summed E-state index contributed by atoms with van der Waals surface area (Å²) in [5.41, 5.74) is 2.46. The zero-order valence-corrected chi connectivity index (χ0v) is 14.7. The van der Waals surface area contributed by atoms with Gasteiger partial charge in [-0.05, 0) is 37.0 Å². The maximum atomic E-state index is 4.60. The molecule has 1 saturated heterocycles. The predicted octanol–water partition coefficient (Wildman–Crippen LogP) is 4.94. The van der Waals surface area contributed by atoms with Gasteiger partial charge in [0.2, 0.25) is 0 Å². The SMILES string of the molecule is CCCCCCCCCCc1ccc(N=C2NCCCN2)cc1. The molecule has 1 fully saturated rings. The number of nitrogens with one attached hydrogen (secondary N) is 2. The second-order valence-corrected chi connectivity index (χ2v) is 6.56. The molecule has 0 bridgehead atoms. The van der Waals surface area contributed by atoms with E-state index in [1.165, 1.54) is 63.4 Å². The minimum Gasteiger partial charge on any atom is -0.356 e. The third kappa shape index (κ3) is 7.54. The highest BCUT2D eigenvalue weighted by Gasteiger charge is 2.03. The minimum atomic E-state index is 0.909. The first-order chi connectivity index (χ1) is 11.4. The van der Waals surface area contributed by atoms with Gasteiger partial charge in [0.1, 0.15) is 0 Å². The molecule has 0 aliphatic carbocycles. The van der Waals surface area contributed by atoms with E-state index < -0.39 is 0 Å². The van der Waals surface area contributed by atoms with Crippen LogP contribution < -0.4 is 10.6 Å². The van der Waals surface area contributed by atoms with Crippen molar-refractivity contribution in [1.82, 2.24) is 10.6 Å². The van der Waals surface area contributed by atoms with Crippen LogP contribution in [0.2, 0.25) is 0 Å². The molecule has 0 unspecified atom stereocenters. The number of aryl methyl sites for hydroxylation is 1. The maximum absolute atomic E-state index is 4.60. The molecule has 1 aromatic carbocycles. The highest BCUT2D eigenvalue weighted by molar-refractivity contribution is 5.83. The van der Waals surface area contributed by atoms with Gasteiger partial charge in [-0.25, -0.2) is 4.99 Å². The zero-order chi connectivity index (χ0) is 16.2. The van der Waals surface area contributed by atoms with E-state index in [0.717, 1.165) is 31.2 Å². The standard InChI is InChI=1S/C20H33N3/c1-2-3-4-5-6-7-8-9-11-18-12-14-19(15-13-18)23-20-21-16-10-17-22-20/h12-15H,2-11,16-17H2,1H3,(H2,21,22,23). The third-order valence-corrected chi connectivity index (χ3v) is 4.43. The van der Waals surface area contributed by atoms with E-state index in [0.29, 0.717) is 0 Å². The molecule has 2 N–H and O–H groups in total. The van der Waals surface area contributed by atoms with Gasteiger partial charge >= 0.3 is 0 Å². The van der Waals surface area contributed by atoms with Gasteiger partial charge < -0.3 is 10.6 Å². The second-order valence-electron chi connectivity index (χ2n) is 6.56. The molecule has 0 amide bonds. The van der Waals surface area contributed by atoms with E-state index in [2.05, 4.69) is 46.8 Å². The Morgan fingerprint density at radius 1 is 0.826 bits per heavy atom. The smallest absolute Gasteiger partial charge is 0.196 e. The fraction of sp³-hybridized carbons (Fsp3) is 0.650. The van der Waals surface area contributed by atoms with Crippen LogP contribution in [-0.4, -0.2) is 19.0 Å². The van der Waals surface area contributed by atoms with Crippen LogP contribution in [0.1, 0.15) is 70.3 Å². The molecule has 3 nitrogen and oxygen atoms in total. The van der Waals surface area contributed by atoms with Crippen molar-refractivity contribution >= 4 is 11.6 Å². The molecule has 1 aliphatic rings. The first-order valence-electron chi connectivity index (χ1n) is 9.54. The van der Waals surface area contributed by atoms with Gasteiger partial charge in [0.25, 0.3) is 0 Å². The van der Waals surface area contributed by atoms with Gasteiger partial charge in [0, 0.05) is 13.1 Å². The number of rotatable bonds is 10. The van der Waals surface area contributed by atoms with Gasteiger partial charge in [0.05, 0.1) is 5.69 Å². The number of hydrogen-bond donors (Lipinski definition) is 2. The Balaban J connectivity index is 1.61. The molecule has 1 heterocycles. The fourth-order valence-electron chi connectivity index (χ4n) is 2.97. The molecular weight excluding hydrogens is 282 g/mol. The van der Waals surface area contributed by atoms with Crippen molar-refractivity contribution in [3.8, 4) is 0 Å². The summed E-state index contributed by atoms with van der Waals surface area (Å²) < 4.78 is 0. The zero-order valence-electron chi connectivity index (χ0n) is 14.7. The Labute approximate surface area is 142 Å². The van der Waals surface area contributed by atoms with Gasteiger partial charge in [0.15, 0.2) is 5.96 Å². The summed E-state index contributed by atoms with van der Waals surface area (Å²) in [5.74, 6) is 0.909. The van der Waals surface area contributed by atoms with Crippen molar-refractivity contribution in [1.29, 1.82) is 0 Å².